The molecule has 0 N–H and O–H groups in total. The Bertz CT molecular complexity index is 746. The molecule has 2 aromatic carbocycles. The zero-order chi connectivity index (χ0) is 20.3. The fourth-order valence-corrected chi connectivity index (χ4v) is 4.38. The van der Waals surface area contributed by atoms with Crippen molar-refractivity contribution in [3.8, 4) is 11.1 Å². The number of allylic oxidation sites excluding steroid dienone is 2. The Balaban J connectivity index is 1.50. The maximum atomic E-state index is 5.65. The molecule has 1 aliphatic rings. The van der Waals surface area contributed by atoms with E-state index in [1.54, 1.807) is 0 Å². The standard InChI is InChI=1S/C28H36O/c1-3-5-7-8-23-9-13-25(14-10-23)27-17-19-28(20-18-27)26-15-11-24(12-16-26)22-29-21-6-4-2/h3-5,11-12,15-20,23,25H,2,6-10,13-14,21-22H2,1H3/t23-,25-. The Kier molecular flexibility index (Phi) is 8.77. The van der Waals surface area contributed by atoms with Crippen LogP contribution in [-0.2, 0) is 11.3 Å². The fourth-order valence-electron chi connectivity index (χ4n) is 4.38. The molecule has 0 atom stereocenters. The van der Waals surface area contributed by atoms with E-state index in [9.17, 15) is 0 Å². The van der Waals surface area contributed by atoms with Gasteiger partial charge in [0.05, 0.1) is 13.2 Å². The van der Waals surface area contributed by atoms with Crippen LogP contribution in [0.2, 0.25) is 0 Å². The van der Waals surface area contributed by atoms with Gasteiger partial charge in [-0.05, 0) is 86.0 Å². The summed E-state index contributed by atoms with van der Waals surface area (Å²) in [6, 6.07) is 18.1. The Morgan fingerprint density at radius 2 is 1.55 bits per heavy atom. The Hall–Kier alpha value is -2.12. The molecule has 3 rings (SSSR count). The fraction of sp³-hybridized carbons (Fsp3) is 0.429. The van der Waals surface area contributed by atoms with E-state index in [1.807, 2.05) is 6.08 Å². The molecule has 1 aliphatic carbocycles. The molecule has 0 saturated heterocycles. The summed E-state index contributed by atoms with van der Waals surface area (Å²) in [5, 5.41) is 0. The topological polar surface area (TPSA) is 9.23 Å². The molecule has 1 fully saturated rings. The van der Waals surface area contributed by atoms with E-state index in [2.05, 4.69) is 74.2 Å². The molecular weight excluding hydrogens is 352 g/mol. The lowest BCUT2D eigenvalue weighted by molar-refractivity contribution is 0.125. The van der Waals surface area contributed by atoms with Gasteiger partial charge in [-0.25, -0.2) is 0 Å². The summed E-state index contributed by atoms with van der Waals surface area (Å²) in [4.78, 5) is 0. The van der Waals surface area contributed by atoms with Crippen LogP contribution in [0.4, 0.5) is 0 Å². The Labute approximate surface area is 177 Å². The second-order valence-electron chi connectivity index (χ2n) is 8.31. The molecule has 0 amide bonds. The van der Waals surface area contributed by atoms with Gasteiger partial charge in [0.15, 0.2) is 0 Å². The number of hydrogen-bond acceptors (Lipinski definition) is 1. The van der Waals surface area contributed by atoms with E-state index in [1.165, 1.54) is 60.8 Å². The van der Waals surface area contributed by atoms with E-state index >= 15 is 0 Å². The maximum absolute atomic E-state index is 5.65. The highest BCUT2D eigenvalue weighted by Gasteiger charge is 2.21. The van der Waals surface area contributed by atoms with Gasteiger partial charge in [-0.3, -0.25) is 0 Å². The molecule has 0 heterocycles. The number of benzene rings is 2. The first-order valence-corrected chi connectivity index (χ1v) is 11.3. The van der Waals surface area contributed by atoms with Crippen molar-refractivity contribution in [2.45, 2.75) is 64.4 Å². The van der Waals surface area contributed by atoms with Gasteiger partial charge in [0.2, 0.25) is 0 Å². The lowest BCUT2D eigenvalue weighted by atomic mass is 9.77. The largest absolute Gasteiger partial charge is 0.376 e. The molecule has 1 heteroatoms. The monoisotopic (exact) mass is 388 g/mol. The summed E-state index contributed by atoms with van der Waals surface area (Å²) in [5.41, 5.74) is 5.32. The third-order valence-electron chi connectivity index (χ3n) is 6.23. The van der Waals surface area contributed by atoms with Gasteiger partial charge < -0.3 is 4.74 Å². The molecule has 2 aromatic rings. The summed E-state index contributed by atoms with van der Waals surface area (Å²) in [6.45, 7) is 7.25. The summed E-state index contributed by atoms with van der Waals surface area (Å²) in [7, 11) is 0. The zero-order valence-corrected chi connectivity index (χ0v) is 18.0. The molecular formula is C28H36O. The SMILES string of the molecule is C=CCCOCc1ccc(-c2ccc([C@H]3CC[C@H](CCC=CC)CC3)cc2)cc1. The predicted molar refractivity (Wildman–Crippen MR) is 125 cm³/mol. The van der Waals surface area contributed by atoms with Crippen molar-refractivity contribution in [3.05, 3.63) is 84.5 Å². The van der Waals surface area contributed by atoms with E-state index in [0.29, 0.717) is 6.61 Å². The Morgan fingerprint density at radius 1 is 0.897 bits per heavy atom. The molecule has 29 heavy (non-hydrogen) atoms. The van der Waals surface area contributed by atoms with Gasteiger partial charge in [-0.15, -0.1) is 6.58 Å². The van der Waals surface area contributed by atoms with Gasteiger partial charge in [0.25, 0.3) is 0 Å². The second-order valence-corrected chi connectivity index (χ2v) is 8.31. The summed E-state index contributed by atoms with van der Waals surface area (Å²) in [5.74, 6) is 1.68. The van der Waals surface area contributed by atoms with Crippen LogP contribution in [0.3, 0.4) is 0 Å². The van der Waals surface area contributed by atoms with Crippen molar-refractivity contribution in [1.82, 2.24) is 0 Å². The van der Waals surface area contributed by atoms with Crippen molar-refractivity contribution in [2.24, 2.45) is 5.92 Å². The molecule has 0 spiro atoms. The third-order valence-corrected chi connectivity index (χ3v) is 6.23. The van der Waals surface area contributed by atoms with Gasteiger partial charge in [0.1, 0.15) is 0 Å². The van der Waals surface area contributed by atoms with E-state index < -0.39 is 0 Å². The Morgan fingerprint density at radius 3 is 2.17 bits per heavy atom. The van der Waals surface area contributed by atoms with E-state index in [4.69, 9.17) is 4.74 Å². The van der Waals surface area contributed by atoms with Crippen LogP contribution >= 0.6 is 0 Å². The summed E-state index contributed by atoms with van der Waals surface area (Å²) < 4.78 is 5.65. The third kappa shape index (κ3) is 6.72. The zero-order valence-electron chi connectivity index (χ0n) is 18.0. The number of hydrogen-bond donors (Lipinski definition) is 0. The quantitative estimate of drug-likeness (QED) is 0.295. The average molecular weight is 389 g/mol. The van der Waals surface area contributed by atoms with Gasteiger partial charge in [-0.1, -0.05) is 66.8 Å². The molecule has 0 unspecified atom stereocenters. The predicted octanol–water partition coefficient (Wildman–Crippen LogP) is 8.08. The van der Waals surface area contributed by atoms with Crippen LogP contribution in [0.1, 0.15) is 68.9 Å². The number of ether oxygens (including phenoxy) is 1. The molecule has 154 valence electrons. The molecule has 1 nitrogen and oxygen atoms in total. The first-order chi connectivity index (χ1) is 14.3. The summed E-state index contributed by atoms with van der Waals surface area (Å²) >= 11 is 0. The van der Waals surface area contributed by atoms with Crippen LogP contribution in [-0.4, -0.2) is 6.61 Å². The molecule has 0 aliphatic heterocycles. The normalized spacial score (nSPS) is 19.5. The molecule has 0 bridgehead atoms. The number of rotatable bonds is 10. The van der Waals surface area contributed by atoms with Crippen LogP contribution in [0, 0.1) is 5.92 Å². The van der Waals surface area contributed by atoms with Crippen LogP contribution in [0.25, 0.3) is 11.1 Å². The van der Waals surface area contributed by atoms with Gasteiger partial charge in [-0.2, -0.15) is 0 Å². The van der Waals surface area contributed by atoms with E-state index in [0.717, 1.165) is 24.9 Å². The average Bonchev–Trinajstić information content (AvgIpc) is 2.78. The van der Waals surface area contributed by atoms with Crippen LogP contribution in [0.15, 0.2) is 73.3 Å². The lowest BCUT2D eigenvalue weighted by Gasteiger charge is -2.28. The van der Waals surface area contributed by atoms with Crippen molar-refractivity contribution in [2.75, 3.05) is 6.61 Å². The van der Waals surface area contributed by atoms with Crippen molar-refractivity contribution < 1.29 is 4.74 Å². The molecule has 1 saturated carbocycles. The van der Waals surface area contributed by atoms with Crippen LogP contribution in [0.5, 0.6) is 0 Å². The second kappa shape index (κ2) is 11.8. The van der Waals surface area contributed by atoms with E-state index in [-0.39, 0.29) is 0 Å². The summed E-state index contributed by atoms with van der Waals surface area (Å²) in [6.07, 6.45) is 15.4. The first kappa shape index (κ1) is 21.6. The van der Waals surface area contributed by atoms with Gasteiger partial charge in [0, 0.05) is 0 Å². The van der Waals surface area contributed by atoms with Crippen molar-refractivity contribution in [3.63, 3.8) is 0 Å². The minimum atomic E-state index is 0.671. The highest BCUT2D eigenvalue weighted by molar-refractivity contribution is 5.64. The highest BCUT2D eigenvalue weighted by Crippen LogP contribution is 2.38. The lowest BCUT2D eigenvalue weighted by Crippen LogP contribution is -2.13. The minimum Gasteiger partial charge on any atom is -0.376 e. The smallest absolute Gasteiger partial charge is 0.0717 e. The van der Waals surface area contributed by atoms with Crippen molar-refractivity contribution >= 4 is 0 Å². The first-order valence-electron chi connectivity index (χ1n) is 11.3. The van der Waals surface area contributed by atoms with Crippen LogP contribution < -0.4 is 0 Å². The van der Waals surface area contributed by atoms with Crippen molar-refractivity contribution in [1.29, 1.82) is 0 Å². The highest BCUT2D eigenvalue weighted by atomic mass is 16.5. The minimum absolute atomic E-state index is 0.671. The maximum Gasteiger partial charge on any atom is 0.0717 e. The molecule has 0 radical (unpaired) electrons. The van der Waals surface area contributed by atoms with Gasteiger partial charge >= 0.3 is 0 Å². The molecule has 0 aromatic heterocycles.